The summed E-state index contributed by atoms with van der Waals surface area (Å²) in [5, 5.41) is 0. The van der Waals surface area contributed by atoms with E-state index in [1.807, 2.05) is 12.1 Å². The molecule has 1 aromatic heterocycles. The number of ether oxygens (including phenoxy) is 2. The molecule has 0 saturated carbocycles. The Balaban J connectivity index is 1.96. The average molecular weight is 236 g/mol. The first kappa shape index (κ1) is 11.9. The molecule has 0 bridgehead atoms. The van der Waals surface area contributed by atoms with Crippen molar-refractivity contribution in [2.24, 2.45) is 0 Å². The molecule has 0 N–H and O–H groups in total. The number of hydrogen-bond donors (Lipinski definition) is 0. The van der Waals surface area contributed by atoms with Crippen molar-refractivity contribution >= 4 is 5.91 Å². The maximum atomic E-state index is 11.5. The molecular formula is C12H16N2O3. The minimum Gasteiger partial charge on any atom is -0.490 e. The van der Waals surface area contributed by atoms with Crippen molar-refractivity contribution < 1.29 is 14.3 Å². The van der Waals surface area contributed by atoms with Crippen LogP contribution in [0.5, 0.6) is 5.75 Å². The van der Waals surface area contributed by atoms with Gasteiger partial charge in [-0.3, -0.25) is 9.78 Å². The van der Waals surface area contributed by atoms with Crippen molar-refractivity contribution in [1.82, 2.24) is 9.88 Å². The van der Waals surface area contributed by atoms with Gasteiger partial charge in [0.25, 0.3) is 0 Å². The highest BCUT2D eigenvalue weighted by atomic mass is 16.5. The quantitative estimate of drug-likeness (QED) is 0.772. The molecule has 1 aliphatic heterocycles. The second-order valence-electron chi connectivity index (χ2n) is 4.05. The number of aromatic nitrogens is 1. The van der Waals surface area contributed by atoms with E-state index in [1.165, 1.54) is 0 Å². The number of amides is 1. The molecule has 5 nitrogen and oxygen atoms in total. The lowest BCUT2D eigenvalue weighted by atomic mass is 10.2. The molecule has 2 rings (SSSR count). The Labute approximate surface area is 100 Å². The number of nitrogens with zero attached hydrogens (tertiary/aromatic N) is 2. The molecule has 0 aromatic carbocycles. The van der Waals surface area contributed by atoms with Crippen LogP contribution >= 0.6 is 0 Å². The van der Waals surface area contributed by atoms with E-state index in [0.29, 0.717) is 18.8 Å². The average Bonchev–Trinajstić information content (AvgIpc) is 2.64. The van der Waals surface area contributed by atoms with Crippen molar-refractivity contribution in [2.45, 2.75) is 18.6 Å². The lowest BCUT2D eigenvalue weighted by Crippen LogP contribution is -2.39. The number of rotatable bonds is 4. The predicted octanol–water partition coefficient (Wildman–Crippen LogP) is 0.706. The summed E-state index contributed by atoms with van der Waals surface area (Å²) in [6.07, 6.45) is 3.67. The Morgan fingerprint density at radius 1 is 1.59 bits per heavy atom. The summed E-state index contributed by atoms with van der Waals surface area (Å²) in [6.45, 7) is 0.423. The van der Waals surface area contributed by atoms with Crippen LogP contribution in [0.1, 0.15) is 6.42 Å². The summed E-state index contributed by atoms with van der Waals surface area (Å²) in [7, 11) is 3.40. The number of carbonyl (C=O) groups excluding carboxylic acids is 1. The first-order valence-electron chi connectivity index (χ1n) is 5.53. The highest BCUT2D eigenvalue weighted by Gasteiger charge is 2.38. The summed E-state index contributed by atoms with van der Waals surface area (Å²) in [4.78, 5) is 17.2. The normalized spacial score (nSPS) is 24.1. The van der Waals surface area contributed by atoms with Gasteiger partial charge in [-0.25, -0.2) is 0 Å². The number of hydrogen-bond acceptors (Lipinski definition) is 4. The molecule has 2 heterocycles. The summed E-state index contributed by atoms with van der Waals surface area (Å²) >= 11 is 0. The molecule has 5 heteroatoms. The van der Waals surface area contributed by atoms with Crippen LogP contribution in [-0.2, 0) is 9.53 Å². The second-order valence-corrected chi connectivity index (χ2v) is 4.05. The van der Waals surface area contributed by atoms with Crippen LogP contribution in [-0.4, -0.2) is 48.7 Å². The lowest BCUT2D eigenvalue weighted by Gasteiger charge is -2.23. The van der Waals surface area contributed by atoms with Gasteiger partial charge in [0.1, 0.15) is 12.4 Å². The maximum Gasteiger partial charge on any atom is 0.225 e. The van der Waals surface area contributed by atoms with E-state index >= 15 is 0 Å². The maximum absolute atomic E-state index is 11.5. The Hall–Kier alpha value is -1.62. The highest BCUT2D eigenvalue weighted by Crippen LogP contribution is 2.21. The first-order chi connectivity index (χ1) is 8.22. The highest BCUT2D eigenvalue weighted by molar-refractivity contribution is 5.79. The molecule has 2 atom stereocenters. The third kappa shape index (κ3) is 2.55. The number of pyridine rings is 1. The molecule has 2 unspecified atom stereocenters. The molecule has 17 heavy (non-hydrogen) atoms. The zero-order valence-electron chi connectivity index (χ0n) is 10.00. The largest absolute Gasteiger partial charge is 0.490 e. The van der Waals surface area contributed by atoms with Crippen molar-refractivity contribution in [3.63, 3.8) is 0 Å². The van der Waals surface area contributed by atoms with E-state index in [1.54, 1.807) is 31.5 Å². The van der Waals surface area contributed by atoms with Crippen molar-refractivity contribution in [1.29, 1.82) is 0 Å². The minimum atomic E-state index is -0.0934. The van der Waals surface area contributed by atoms with Crippen molar-refractivity contribution in [3.8, 4) is 5.75 Å². The standard InChI is InChI=1S/C12H16N2O3/c1-14-10(11(16-2)6-12(14)15)8-17-9-4-3-5-13-7-9/h3-5,7,10-11H,6,8H2,1-2H3. The Morgan fingerprint density at radius 2 is 2.41 bits per heavy atom. The van der Waals surface area contributed by atoms with Crippen LogP contribution in [0.25, 0.3) is 0 Å². The Bertz CT molecular complexity index is 383. The molecule has 1 aliphatic rings. The van der Waals surface area contributed by atoms with E-state index < -0.39 is 0 Å². The Kier molecular flexibility index (Phi) is 3.58. The van der Waals surface area contributed by atoms with Gasteiger partial charge in [-0.05, 0) is 12.1 Å². The van der Waals surface area contributed by atoms with Crippen LogP contribution in [0.15, 0.2) is 24.5 Å². The van der Waals surface area contributed by atoms with Gasteiger partial charge in [0, 0.05) is 20.4 Å². The third-order valence-electron chi connectivity index (χ3n) is 3.05. The smallest absolute Gasteiger partial charge is 0.225 e. The monoisotopic (exact) mass is 236 g/mol. The van der Waals surface area contributed by atoms with Crippen molar-refractivity contribution in [3.05, 3.63) is 24.5 Å². The number of carbonyl (C=O) groups is 1. The molecule has 1 saturated heterocycles. The van der Waals surface area contributed by atoms with Crippen LogP contribution < -0.4 is 4.74 Å². The molecule has 1 aromatic rings. The van der Waals surface area contributed by atoms with Crippen LogP contribution in [0.2, 0.25) is 0 Å². The van der Waals surface area contributed by atoms with Gasteiger partial charge < -0.3 is 14.4 Å². The van der Waals surface area contributed by atoms with E-state index in [0.717, 1.165) is 0 Å². The summed E-state index contributed by atoms with van der Waals surface area (Å²) < 4.78 is 10.9. The fourth-order valence-electron chi connectivity index (χ4n) is 1.96. The van der Waals surface area contributed by atoms with Gasteiger partial charge in [0.15, 0.2) is 0 Å². The van der Waals surface area contributed by atoms with E-state index in [-0.39, 0.29) is 18.1 Å². The van der Waals surface area contributed by atoms with Gasteiger partial charge in [-0.1, -0.05) is 0 Å². The first-order valence-corrected chi connectivity index (χ1v) is 5.53. The fourth-order valence-corrected chi connectivity index (χ4v) is 1.96. The van der Waals surface area contributed by atoms with Crippen LogP contribution in [0, 0.1) is 0 Å². The van der Waals surface area contributed by atoms with Crippen molar-refractivity contribution in [2.75, 3.05) is 20.8 Å². The second kappa shape index (κ2) is 5.14. The summed E-state index contributed by atoms with van der Waals surface area (Å²) in [6, 6.07) is 3.62. The molecule has 92 valence electrons. The van der Waals surface area contributed by atoms with Crippen LogP contribution in [0.3, 0.4) is 0 Å². The minimum absolute atomic E-state index is 0.0345. The fraction of sp³-hybridized carbons (Fsp3) is 0.500. The molecule has 0 radical (unpaired) electrons. The number of methoxy groups -OCH3 is 1. The molecule has 1 fully saturated rings. The summed E-state index contributed by atoms with van der Waals surface area (Å²) in [5.74, 6) is 0.798. The zero-order valence-corrected chi connectivity index (χ0v) is 10.00. The third-order valence-corrected chi connectivity index (χ3v) is 3.05. The van der Waals surface area contributed by atoms with E-state index in [4.69, 9.17) is 9.47 Å². The van der Waals surface area contributed by atoms with E-state index in [9.17, 15) is 4.79 Å². The Morgan fingerprint density at radius 3 is 3.06 bits per heavy atom. The lowest BCUT2D eigenvalue weighted by molar-refractivity contribution is -0.127. The number of likely N-dealkylation sites (N-methyl/N-ethyl adjacent to an activating group) is 1. The molecule has 0 spiro atoms. The van der Waals surface area contributed by atoms with Gasteiger partial charge in [-0.15, -0.1) is 0 Å². The zero-order chi connectivity index (χ0) is 12.3. The SMILES string of the molecule is COC1CC(=O)N(C)C1COc1cccnc1. The van der Waals surface area contributed by atoms with Crippen LogP contribution in [0.4, 0.5) is 0 Å². The van der Waals surface area contributed by atoms with Gasteiger partial charge in [0.2, 0.25) is 5.91 Å². The van der Waals surface area contributed by atoms with Gasteiger partial charge in [0.05, 0.1) is 24.8 Å². The van der Waals surface area contributed by atoms with E-state index in [2.05, 4.69) is 4.98 Å². The summed E-state index contributed by atoms with van der Waals surface area (Å²) in [5.41, 5.74) is 0. The molecule has 0 aliphatic carbocycles. The topological polar surface area (TPSA) is 51.7 Å². The van der Waals surface area contributed by atoms with Gasteiger partial charge >= 0.3 is 0 Å². The molecular weight excluding hydrogens is 220 g/mol. The molecule has 1 amide bonds. The van der Waals surface area contributed by atoms with Gasteiger partial charge in [-0.2, -0.15) is 0 Å². The predicted molar refractivity (Wildman–Crippen MR) is 61.7 cm³/mol. The number of likely N-dealkylation sites (tertiary alicyclic amines) is 1.